The van der Waals surface area contributed by atoms with E-state index in [4.69, 9.17) is 9.47 Å². The summed E-state index contributed by atoms with van der Waals surface area (Å²) in [5.74, 6) is 0.523. The van der Waals surface area contributed by atoms with Crippen LogP contribution in [0.2, 0.25) is 0 Å². The molecule has 0 unspecified atom stereocenters. The average Bonchev–Trinajstić information content (AvgIpc) is 2.78. The Labute approximate surface area is 125 Å². The standard InChI is InChI=1S/C12H24N4O4S/c1-11(2)8-16-9-12(14-15-16)10-20-7-6-19-5-4-13-21(3,17)18/h9,11,13H,4-8,10H2,1-3H3. The molecule has 1 aromatic heterocycles. The van der Waals surface area contributed by atoms with Crippen LogP contribution in [0.25, 0.3) is 0 Å². The smallest absolute Gasteiger partial charge is 0.208 e. The summed E-state index contributed by atoms with van der Waals surface area (Å²) < 4.78 is 36.4. The van der Waals surface area contributed by atoms with Crippen LogP contribution in [0.1, 0.15) is 19.5 Å². The van der Waals surface area contributed by atoms with Gasteiger partial charge in [-0.1, -0.05) is 19.1 Å². The van der Waals surface area contributed by atoms with Crippen molar-refractivity contribution in [1.82, 2.24) is 19.7 Å². The van der Waals surface area contributed by atoms with Crippen molar-refractivity contribution in [3.8, 4) is 0 Å². The van der Waals surface area contributed by atoms with Gasteiger partial charge in [-0.3, -0.25) is 4.68 Å². The highest BCUT2D eigenvalue weighted by Crippen LogP contribution is 2.00. The van der Waals surface area contributed by atoms with E-state index in [1.807, 2.05) is 6.20 Å². The van der Waals surface area contributed by atoms with E-state index in [9.17, 15) is 8.42 Å². The summed E-state index contributed by atoms with van der Waals surface area (Å²) in [6, 6.07) is 0. The highest BCUT2D eigenvalue weighted by atomic mass is 32.2. The fourth-order valence-corrected chi connectivity index (χ4v) is 2.02. The van der Waals surface area contributed by atoms with Crippen LogP contribution in [0.5, 0.6) is 0 Å². The van der Waals surface area contributed by atoms with Crippen molar-refractivity contribution in [2.75, 3.05) is 32.6 Å². The van der Waals surface area contributed by atoms with Gasteiger partial charge in [-0.25, -0.2) is 13.1 Å². The normalized spacial score (nSPS) is 12.2. The van der Waals surface area contributed by atoms with Gasteiger partial charge < -0.3 is 9.47 Å². The van der Waals surface area contributed by atoms with Crippen molar-refractivity contribution >= 4 is 10.0 Å². The predicted octanol–water partition coefficient (Wildman–Crippen LogP) is 0.0165. The van der Waals surface area contributed by atoms with Gasteiger partial charge in [-0.05, 0) is 5.92 Å². The summed E-state index contributed by atoms with van der Waals surface area (Å²) in [6.45, 7) is 6.89. The number of sulfonamides is 1. The predicted molar refractivity (Wildman–Crippen MR) is 78.2 cm³/mol. The summed E-state index contributed by atoms with van der Waals surface area (Å²) in [5.41, 5.74) is 0.786. The minimum Gasteiger partial charge on any atom is -0.378 e. The highest BCUT2D eigenvalue weighted by Gasteiger charge is 2.03. The van der Waals surface area contributed by atoms with Gasteiger partial charge in [0.2, 0.25) is 10.0 Å². The molecule has 0 saturated carbocycles. The van der Waals surface area contributed by atoms with E-state index in [0.29, 0.717) is 32.3 Å². The van der Waals surface area contributed by atoms with Crippen LogP contribution in [0.3, 0.4) is 0 Å². The van der Waals surface area contributed by atoms with Crippen LogP contribution in [0, 0.1) is 5.92 Å². The second-order valence-corrected chi connectivity index (χ2v) is 6.99. The van der Waals surface area contributed by atoms with Crippen LogP contribution in [-0.4, -0.2) is 56.0 Å². The number of hydrogen-bond acceptors (Lipinski definition) is 6. The molecule has 1 N–H and O–H groups in total. The third kappa shape index (κ3) is 9.51. The Balaban J connectivity index is 2.03. The Morgan fingerprint density at radius 1 is 1.29 bits per heavy atom. The molecule has 0 radical (unpaired) electrons. The molecule has 0 spiro atoms. The van der Waals surface area contributed by atoms with Gasteiger partial charge in [0.15, 0.2) is 0 Å². The fraction of sp³-hybridized carbons (Fsp3) is 0.833. The van der Waals surface area contributed by atoms with Crippen LogP contribution in [-0.2, 0) is 32.6 Å². The van der Waals surface area contributed by atoms with Crippen molar-refractivity contribution in [3.63, 3.8) is 0 Å². The Kier molecular flexibility index (Phi) is 7.79. The van der Waals surface area contributed by atoms with Gasteiger partial charge in [0.25, 0.3) is 0 Å². The van der Waals surface area contributed by atoms with Crippen molar-refractivity contribution in [3.05, 3.63) is 11.9 Å². The summed E-state index contributed by atoms with van der Waals surface area (Å²) in [4.78, 5) is 0. The largest absolute Gasteiger partial charge is 0.378 e. The Hall–Kier alpha value is -1.03. The van der Waals surface area contributed by atoms with Crippen LogP contribution >= 0.6 is 0 Å². The number of aromatic nitrogens is 3. The molecule has 0 fully saturated rings. The van der Waals surface area contributed by atoms with Crippen LogP contribution in [0.15, 0.2) is 6.20 Å². The molecule has 122 valence electrons. The van der Waals surface area contributed by atoms with E-state index < -0.39 is 10.0 Å². The molecule has 1 aromatic rings. The monoisotopic (exact) mass is 320 g/mol. The van der Waals surface area contributed by atoms with E-state index in [2.05, 4.69) is 28.9 Å². The lowest BCUT2D eigenvalue weighted by Crippen LogP contribution is -2.26. The molecule has 8 nitrogen and oxygen atoms in total. The number of nitrogens with one attached hydrogen (secondary N) is 1. The topological polar surface area (TPSA) is 95.3 Å². The van der Waals surface area contributed by atoms with Crippen molar-refractivity contribution < 1.29 is 17.9 Å². The van der Waals surface area contributed by atoms with Gasteiger partial charge in [-0.15, -0.1) is 5.10 Å². The summed E-state index contributed by atoms with van der Waals surface area (Å²) in [7, 11) is -3.14. The van der Waals surface area contributed by atoms with Gasteiger partial charge in [0.05, 0.1) is 38.9 Å². The molecule has 0 aromatic carbocycles. The van der Waals surface area contributed by atoms with E-state index in [1.54, 1.807) is 4.68 Å². The molecule has 0 aliphatic carbocycles. The second-order valence-electron chi connectivity index (χ2n) is 5.16. The first-order chi connectivity index (χ1) is 9.87. The zero-order chi connectivity index (χ0) is 15.7. The molecule has 0 amide bonds. The fourth-order valence-electron chi connectivity index (χ4n) is 1.56. The van der Waals surface area contributed by atoms with E-state index in [0.717, 1.165) is 18.5 Å². The quantitative estimate of drug-likeness (QED) is 0.577. The van der Waals surface area contributed by atoms with Gasteiger partial charge >= 0.3 is 0 Å². The SMILES string of the molecule is CC(C)Cn1cc(COCCOCCNS(C)(=O)=O)nn1. The van der Waals surface area contributed by atoms with Gasteiger partial charge in [-0.2, -0.15) is 0 Å². The molecular weight excluding hydrogens is 296 g/mol. The molecule has 0 bridgehead atoms. The molecule has 1 rings (SSSR count). The lowest BCUT2D eigenvalue weighted by atomic mass is 10.2. The second kappa shape index (κ2) is 9.08. The van der Waals surface area contributed by atoms with Crippen molar-refractivity contribution in [1.29, 1.82) is 0 Å². The van der Waals surface area contributed by atoms with E-state index in [-0.39, 0.29) is 6.54 Å². The van der Waals surface area contributed by atoms with Gasteiger partial charge in [0.1, 0.15) is 5.69 Å². The number of hydrogen-bond donors (Lipinski definition) is 1. The highest BCUT2D eigenvalue weighted by molar-refractivity contribution is 7.88. The first-order valence-corrected chi connectivity index (χ1v) is 8.75. The average molecular weight is 320 g/mol. The summed E-state index contributed by atoms with van der Waals surface area (Å²) in [6.07, 6.45) is 2.99. The van der Waals surface area contributed by atoms with Crippen LogP contribution < -0.4 is 4.72 Å². The summed E-state index contributed by atoms with van der Waals surface area (Å²) >= 11 is 0. The van der Waals surface area contributed by atoms with Gasteiger partial charge in [0, 0.05) is 13.1 Å². The van der Waals surface area contributed by atoms with E-state index in [1.165, 1.54) is 0 Å². The number of rotatable bonds is 11. The maximum absolute atomic E-state index is 10.8. The van der Waals surface area contributed by atoms with Crippen molar-refractivity contribution in [2.24, 2.45) is 5.92 Å². The zero-order valence-electron chi connectivity index (χ0n) is 12.8. The maximum atomic E-state index is 10.8. The Bertz CT molecular complexity index is 501. The zero-order valence-corrected chi connectivity index (χ0v) is 13.6. The number of ether oxygens (including phenoxy) is 2. The Morgan fingerprint density at radius 3 is 2.67 bits per heavy atom. The summed E-state index contributed by atoms with van der Waals surface area (Å²) in [5, 5.41) is 8.02. The first kappa shape index (κ1) is 18.0. The Morgan fingerprint density at radius 2 is 2.00 bits per heavy atom. The molecular formula is C12H24N4O4S. The lowest BCUT2D eigenvalue weighted by Gasteiger charge is -2.05. The minimum absolute atomic E-state index is 0.266. The minimum atomic E-state index is -3.14. The van der Waals surface area contributed by atoms with Crippen molar-refractivity contribution in [2.45, 2.75) is 27.0 Å². The van der Waals surface area contributed by atoms with E-state index >= 15 is 0 Å². The molecule has 9 heteroatoms. The molecule has 1 heterocycles. The molecule has 0 aliphatic heterocycles. The maximum Gasteiger partial charge on any atom is 0.208 e. The lowest BCUT2D eigenvalue weighted by molar-refractivity contribution is 0.0415. The number of nitrogens with zero attached hydrogens (tertiary/aromatic N) is 3. The first-order valence-electron chi connectivity index (χ1n) is 6.86. The molecule has 0 saturated heterocycles. The molecule has 21 heavy (non-hydrogen) atoms. The van der Waals surface area contributed by atoms with Crippen LogP contribution in [0.4, 0.5) is 0 Å². The third-order valence-corrected chi connectivity index (χ3v) is 3.10. The third-order valence-electron chi connectivity index (χ3n) is 2.37. The molecule has 0 aliphatic rings. The molecule has 0 atom stereocenters.